The highest BCUT2D eigenvalue weighted by molar-refractivity contribution is 5.41. The van der Waals surface area contributed by atoms with Crippen molar-refractivity contribution in [3.8, 4) is 5.75 Å². The molecule has 1 unspecified atom stereocenters. The van der Waals surface area contributed by atoms with Crippen LogP contribution in [0.4, 0.5) is 0 Å². The van der Waals surface area contributed by atoms with Crippen molar-refractivity contribution in [1.82, 2.24) is 5.32 Å². The number of ether oxygens (including phenoxy) is 1. The van der Waals surface area contributed by atoms with Crippen molar-refractivity contribution in [3.63, 3.8) is 0 Å². The van der Waals surface area contributed by atoms with Gasteiger partial charge in [-0.1, -0.05) is 39.8 Å². The Balaban J connectivity index is 2.05. The fourth-order valence-corrected chi connectivity index (χ4v) is 2.74. The van der Waals surface area contributed by atoms with Gasteiger partial charge in [-0.25, -0.2) is 0 Å². The summed E-state index contributed by atoms with van der Waals surface area (Å²) >= 11 is 0. The summed E-state index contributed by atoms with van der Waals surface area (Å²) in [6, 6.07) is 7.10. The maximum absolute atomic E-state index is 6.24. The summed E-state index contributed by atoms with van der Waals surface area (Å²) in [5.41, 5.74) is 2.69. The highest BCUT2D eigenvalue weighted by Gasteiger charge is 2.31. The second-order valence-electron chi connectivity index (χ2n) is 7.46. The van der Waals surface area contributed by atoms with Crippen molar-refractivity contribution in [1.29, 1.82) is 0 Å². The molecule has 1 N–H and O–H groups in total. The van der Waals surface area contributed by atoms with Gasteiger partial charge in [0.15, 0.2) is 0 Å². The number of hydrogen-bond donors (Lipinski definition) is 1. The largest absolute Gasteiger partial charge is 0.492 e. The average Bonchev–Trinajstić information content (AvgIpc) is 3.22. The molecule has 1 atom stereocenters. The fraction of sp³-hybridized carbons (Fsp3) is 0.684. The van der Waals surface area contributed by atoms with Gasteiger partial charge in [-0.05, 0) is 61.3 Å². The highest BCUT2D eigenvalue weighted by atomic mass is 16.5. The first kappa shape index (κ1) is 16.4. The zero-order valence-corrected chi connectivity index (χ0v) is 14.3. The lowest BCUT2D eigenvalue weighted by molar-refractivity contribution is 0.244. The Morgan fingerprint density at radius 3 is 2.57 bits per heavy atom. The van der Waals surface area contributed by atoms with Crippen molar-refractivity contribution < 1.29 is 4.74 Å². The minimum atomic E-state index is 0.120. The van der Waals surface area contributed by atoms with E-state index in [1.54, 1.807) is 0 Å². The van der Waals surface area contributed by atoms with Gasteiger partial charge in [0.2, 0.25) is 0 Å². The van der Waals surface area contributed by atoms with Crippen LogP contribution in [0.3, 0.4) is 0 Å². The molecule has 2 rings (SSSR count). The standard InChI is InChI=1S/C19H31NO/c1-6-11-20-17(15-8-9-15)13-21-18-12-14(2)7-10-16(18)19(3,4)5/h7,10,12,15,17,20H,6,8-9,11,13H2,1-5H3. The third-order valence-corrected chi connectivity index (χ3v) is 4.21. The molecule has 0 aromatic heterocycles. The lowest BCUT2D eigenvalue weighted by Crippen LogP contribution is -2.37. The maximum atomic E-state index is 6.24. The molecular weight excluding hydrogens is 258 g/mol. The zero-order valence-electron chi connectivity index (χ0n) is 14.3. The molecule has 2 nitrogen and oxygen atoms in total. The van der Waals surface area contributed by atoms with Gasteiger partial charge in [0.25, 0.3) is 0 Å². The molecule has 0 aliphatic heterocycles. The van der Waals surface area contributed by atoms with Crippen LogP contribution in [-0.2, 0) is 5.41 Å². The minimum absolute atomic E-state index is 0.120. The van der Waals surface area contributed by atoms with Gasteiger partial charge in [-0.15, -0.1) is 0 Å². The summed E-state index contributed by atoms with van der Waals surface area (Å²) in [6.45, 7) is 13.0. The molecule has 118 valence electrons. The summed E-state index contributed by atoms with van der Waals surface area (Å²) in [4.78, 5) is 0. The Hall–Kier alpha value is -1.02. The zero-order chi connectivity index (χ0) is 15.5. The number of hydrogen-bond acceptors (Lipinski definition) is 2. The second kappa shape index (κ2) is 6.83. The van der Waals surface area contributed by atoms with E-state index in [0.29, 0.717) is 6.04 Å². The Labute approximate surface area is 130 Å². The van der Waals surface area contributed by atoms with E-state index in [0.717, 1.165) is 24.8 Å². The van der Waals surface area contributed by atoms with Crippen LogP contribution >= 0.6 is 0 Å². The van der Waals surface area contributed by atoms with Gasteiger partial charge in [-0.2, -0.15) is 0 Å². The summed E-state index contributed by atoms with van der Waals surface area (Å²) in [6.07, 6.45) is 3.89. The summed E-state index contributed by atoms with van der Waals surface area (Å²) in [5, 5.41) is 3.65. The Morgan fingerprint density at radius 2 is 2.00 bits per heavy atom. The third-order valence-electron chi connectivity index (χ3n) is 4.21. The molecule has 1 saturated carbocycles. The number of rotatable bonds is 7. The van der Waals surface area contributed by atoms with Gasteiger partial charge in [0.05, 0.1) is 0 Å². The van der Waals surface area contributed by atoms with Crippen LogP contribution in [0, 0.1) is 12.8 Å². The smallest absolute Gasteiger partial charge is 0.123 e. The topological polar surface area (TPSA) is 21.3 Å². The molecule has 1 aliphatic carbocycles. The van der Waals surface area contributed by atoms with Gasteiger partial charge in [-0.3, -0.25) is 0 Å². The molecule has 1 aromatic carbocycles. The van der Waals surface area contributed by atoms with Crippen LogP contribution in [0.25, 0.3) is 0 Å². The molecule has 0 radical (unpaired) electrons. The first-order chi connectivity index (χ1) is 9.91. The lowest BCUT2D eigenvalue weighted by atomic mass is 9.86. The van der Waals surface area contributed by atoms with Gasteiger partial charge in [0.1, 0.15) is 12.4 Å². The van der Waals surface area contributed by atoms with Crippen LogP contribution in [-0.4, -0.2) is 19.2 Å². The highest BCUT2D eigenvalue weighted by Crippen LogP contribution is 2.35. The predicted octanol–water partition coefficient (Wildman–Crippen LogP) is 4.45. The van der Waals surface area contributed by atoms with E-state index >= 15 is 0 Å². The summed E-state index contributed by atoms with van der Waals surface area (Å²) < 4.78 is 6.24. The quantitative estimate of drug-likeness (QED) is 0.800. The van der Waals surface area contributed by atoms with Gasteiger partial charge >= 0.3 is 0 Å². The SMILES string of the molecule is CCCNC(COc1cc(C)ccc1C(C)(C)C)C1CC1. The number of benzene rings is 1. The molecular formula is C19H31NO. The first-order valence-corrected chi connectivity index (χ1v) is 8.39. The van der Waals surface area contributed by atoms with Crippen LogP contribution in [0.15, 0.2) is 18.2 Å². The van der Waals surface area contributed by atoms with Crippen LogP contribution in [0.1, 0.15) is 58.1 Å². The Bertz CT molecular complexity index is 457. The van der Waals surface area contributed by atoms with E-state index in [1.807, 2.05) is 0 Å². The lowest BCUT2D eigenvalue weighted by Gasteiger charge is -2.25. The van der Waals surface area contributed by atoms with Crippen LogP contribution in [0.2, 0.25) is 0 Å². The second-order valence-corrected chi connectivity index (χ2v) is 7.46. The molecule has 1 aliphatic rings. The van der Waals surface area contributed by atoms with Crippen molar-refractivity contribution in [3.05, 3.63) is 29.3 Å². The normalized spacial score (nSPS) is 16.8. The molecule has 0 spiro atoms. The molecule has 1 fully saturated rings. The fourth-order valence-electron chi connectivity index (χ4n) is 2.74. The Kier molecular flexibility index (Phi) is 5.32. The molecule has 0 amide bonds. The minimum Gasteiger partial charge on any atom is -0.492 e. The maximum Gasteiger partial charge on any atom is 0.123 e. The molecule has 0 heterocycles. The molecule has 1 aromatic rings. The van der Waals surface area contributed by atoms with E-state index in [1.165, 1.54) is 30.4 Å². The molecule has 0 saturated heterocycles. The monoisotopic (exact) mass is 289 g/mol. The van der Waals surface area contributed by atoms with E-state index in [4.69, 9.17) is 4.74 Å². The Morgan fingerprint density at radius 1 is 1.29 bits per heavy atom. The van der Waals surface area contributed by atoms with E-state index < -0.39 is 0 Å². The number of nitrogens with one attached hydrogen (secondary N) is 1. The van der Waals surface area contributed by atoms with E-state index in [9.17, 15) is 0 Å². The molecule has 2 heteroatoms. The first-order valence-electron chi connectivity index (χ1n) is 8.39. The summed E-state index contributed by atoms with van der Waals surface area (Å²) in [5.74, 6) is 1.88. The van der Waals surface area contributed by atoms with Crippen molar-refractivity contribution >= 4 is 0 Å². The average molecular weight is 289 g/mol. The van der Waals surface area contributed by atoms with Crippen molar-refractivity contribution in [2.24, 2.45) is 5.92 Å². The molecule has 0 bridgehead atoms. The van der Waals surface area contributed by atoms with Crippen LogP contribution < -0.4 is 10.1 Å². The summed E-state index contributed by atoms with van der Waals surface area (Å²) in [7, 11) is 0. The van der Waals surface area contributed by atoms with Gasteiger partial charge < -0.3 is 10.1 Å². The van der Waals surface area contributed by atoms with Crippen LogP contribution in [0.5, 0.6) is 5.75 Å². The number of aryl methyl sites for hydroxylation is 1. The van der Waals surface area contributed by atoms with E-state index in [-0.39, 0.29) is 5.41 Å². The predicted molar refractivity (Wildman–Crippen MR) is 90.2 cm³/mol. The van der Waals surface area contributed by atoms with Gasteiger partial charge in [0, 0.05) is 6.04 Å². The molecule has 21 heavy (non-hydrogen) atoms. The third kappa shape index (κ3) is 4.74. The van der Waals surface area contributed by atoms with E-state index in [2.05, 4.69) is 58.1 Å². The van der Waals surface area contributed by atoms with Crippen molar-refractivity contribution in [2.45, 2.75) is 65.3 Å². The van der Waals surface area contributed by atoms with Crippen molar-refractivity contribution in [2.75, 3.05) is 13.2 Å².